The smallest absolute Gasteiger partial charge is 0.408 e. The summed E-state index contributed by atoms with van der Waals surface area (Å²) < 4.78 is 32.0. The highest BCUT2D eigenvalue weighted by atomic mass is 127. The normalized spacial score (nSPS) is 13.5. The van der Waals surface area contributed by atoms with Crippen LogP contribution in [0.15, 0.2) is 89.8 Å². The third-order valence-electron chi connectivity index (χ3n) is 7.47. The standard InChI is InChI=1S/C34H41IN4O6S/c1-25(2)23-39(46(43,44)30-19-17-26(22-36)18-20-30)29(24-40)16-10-11-21-37-32(41)34(35,38-33(42)45-3)31(27-12-6-4-7-13-27)28-14-8-5-9-15-28/h4-9,12-15,17-20,25,29,31,40H,10-11,16,21,23-24H2,1-3H3,(H,37,41)(H,38,42). The first kappa shape index (κ1) is 37.0. The summed E-state index contributed by atoms with van der Waals surface area (Å²) in [7, 11) is -2.70. The summed E-state index contributed by atoms with van der Waals surface area (Å²) in [5, 5.41) is 25.1. The molecule has 12 heteroatoms. The van der Waals surface area contributed by atoms with Gasteiger partial charge in [-0.05, 0) is 76.7 Å². The number of nitrogens with zero attached hydrogens (tertiary/aromatic N) is 2. The molecule has 2 atom stereocenters. The number of ether oxygens (including phenoxy) is 1. The molecule has 0 heterocycles. The van der Waals surface area contributed by atoms with Crippen LogP contribution in [-0.2, 0) is 19.6 Å². The number of hydrogen-bond acceptors (Lipinski definition) is 7. The second kappa shape index (κ2) is 17.4. The maximum Gasteiger partial charge on any atom is 0.408 e. The minimum atomic E-state index is -3.94. The fourth-order valence-corrected chi connectivity index (χ4v) is 8.14. The first-order chi connectivity index (χ1) is 22.0. The Hall–Kier alpha value is -3.51. The molecule has 2 unspecified atom stereocenters. The van der Waals surface area contributed by atoms with Gasteiger partial charge in [-0.1, -0.05) is 80.9 Å². The highest BCUT2D eigenvalue weighted by Crippen LogP contribution is 2.40. The van der Waals surface area contributed by atoms with Crippen LogP contribution in [0.5, 0.6) is 0 Å². The van der Waals surface area contributed by atoms with Crippen LogP contribution in [-0.4, -0.2) is 66.2 Å². The Morgan fingerprint density at radius 2 is 1.54 bits per heavy atom. The van der Waals surface area contributed by atoms with E-state index >= 15 is 0 Å². The van der Waals surface area contributed by atoms with Crippen molar-refractivity contribution in [2.45, 2.75) is 53.5 Å². The number of aliphatic hydroxyl groups excluding tert-OH is 1. The van der Waals surface area contributed by atoms with Gasteiger partial charge in [-0.15, -0.1) is 0 Å². The van der Waals surface area contributed by atoms with Crippen molar-refractivity contribution >= 4 is 44.6 Å². The molecule has 0 radical (unpaired) electrons. The van der Waals surface area contributed by atoms with E-state index in [2.05, 4.69) is 10.6 Å². The average Bonchev–Trinajstić information content (AvgIpc) is 3.06. The topological polar surface area (TPSA) is 149 Å². The maximum atomic E-state index is 13.9. The molecule has 0 spiro atoms. The lowest BCUT2D eigenvalue weighted by atomic mass is 9.84. The van der Waals surface area contributed by atoms with E-state index in [1.165, 1.54) is 35.7 Å². The van der Waals surface area contributed by atoms with Gasteiger partial charge in [0.05, 0.1) is 36.2 Å². The fourth-order valence-electron chi connectivity index (χ4n) is 5.20. The van der Waals surface area contributed by atoms with Crippen LogP contribution in [0.4, 0.5) is 4.79 Å². The van der Waals surface area contributed by atoms with Gasteiger partial charge in [-0.3, -0.25) is 10.1 Å². The second-order valence-electron chi connectivity index (χ2n) is 11.3. The number of carbonyl (C=O) groups is 2. The summed E-state index contributed by atoms with van der Waals surface area (Å²) >= 11 is 1.98. The largest absolute Gasteiger partial charge is 0.453 e. The van der Waals surface area contributed by atoms with E-state index in [9.17, 15) is 23.1 Å². The number of methoxy groups -OCH3 is 1. The Morgan fingerprint density at radius 1 is 0.978 bits per heavy atom. The van der Waals surface area contributed by atoms with Gasteiger partial charge in [0.25, 0.3) is 5.91 Å². The Bertz CT molecular complexity index is 1530. The number of aliphatic hydroxyl groups is 1. The van der Waals surface area contributed by atoms with Gasteiger partial charge in [0, 0.05) is 19.1 Å². The summed E-state index contributed by atoms with van der Waals surface area (Å²) in [5.41, 5.74) is 2.01. The molecule has 0 aromatic heterocycles. The van der Waals surface area contributed by atoms with E-state index in [1.807, 2.05) is 103 Å². The highest BCUT2D eigenvalue weighted by molar-refractivity contribution is 14.1. The molecule has 3 N–H and O–H groups in total. The number of carbonyl (C=O) groups excluding carboxylic acids is 2. The van der Waals surface area contributed by atoms with Crippen LogP contribution in [0, 0.1) is 17.2 Å². The number of nitriles is 1. The molecule has 0 aliphatic heterocycles. The van der Waals surface area contributed by atoms with Crippen molar-refractivity contribution in [2.75, 3.05) is 26.8 Å². The number of nitrogens with one attached hydrogen (secondary N) is 2. The van der Waals surface area contributed by atoms with Crippen molar-refractivity contribution in [3.63, 3.8) is 0 Å². The molecule has 0 aliphatic carbocycles. The quantitative estimate of drug-likeness (QED) is 0.0790. The van der Waals surface area contributed by atoms with Crippen LogP contribution < -0.4 is 10.6 Å². The molecule has 46 heavy (non-hydrogen) atoms. The molecule has 3 rings (SSSR count). The summed E-state index contributed by atoms with van der Waals surface area (Å²) in [4.78, 5) is 26.5. The predicted octanol–water partition coefficient (Wildman–Crippen LogP) is 5.17. The Balaban J connectivity index is 1.75. The monoisotopic (exact) mass is 760 g/mol. The number of amides is 2. The Kier molecular flexibility index (Phi) is 14.0. The van der Waals surface area contributed by atoms with E-state index < -0.39 is 37.5 Å². The summed E-state index contributed by atoms with van der Waals surface area (Å²) in [6.45, 7) is 3.91. The maximum absolute atomic E-state index is 13.9. The predicted molar refractivity (Wildman–Crippen MR) is 185 cm³/mol. The number of benzene rings is 3. The summed E-state index contributed by atoms with van der Waals surface area (Å²) in [5.74, 6) is -0.965. The molecular weight excluding hydrogens is 719 g/mol. The van der Waals surface area contributed by atoms with Gasteiger partial charge in [0.1, 0.15) is 0 Å². The summed E-state index contributed by atoms with van der Waals surface area (Å²) in [6, 6.07) is 25.9. The van der Waals surface area contributed by atoms with Gasteiger partial charge in [0.2, 0.25) is 10.0 Å². The van der Waals surface area contributed by atoms with Crippen molar-refractivity contribution in [2.24, 2.45) is 5.92 Å². The molecule has 0 aliphatic rings. The minimum absolute atomic E-state index is 0.00255. The molecule has 10 nitrogen and oxygen atoms in total. The van der Waals surface area contributed by atoms with Crippen molar-refractivity contribution in [1.29, 1.82) is 5.26 Å². The average molecular weight is 761 g/mol. The van der Waals surface area contributed by atoms with Crippen molar-refractivity contribution in [3.05, 3.63) is 102 Å². The Morgan fingerprint density at radius 3 is 2.02 bits per heavy atom. The number of rotatable bonds is 16. The van der Waals surface area contributed by atoms with Crippen molar-refractivity contribution in [1.82, 2.24) is 14.9 Å². The third kappa shape index (κ3) is 9.51. The fraction of sp³-hybridized carbons (Fsp3) is 0.382. The van der Waals surface area contributed by atoms with Crippen LogP contribution in [0.1, 0.15) is 55.7 Å². The second-order valence-corrected chi connectivity index (χ2v) is 14.9. The molecule has 3 aromatic carbocycles. The van der Waals surface area contributed by atoms with Gasteiger partial charge >= 0.3 is 6.09 Å². The first-order valence-electron chi connectivity index (χ1n) is 15.0. The molecule has 0 fully saturated rings. The Labute approximate surface area is 285 Å². The lowest BCUT2D eigenvalue weighted by Crippen LogP contribution is -2.58. The van der Waals surface area contributed by atoms with Crippen LogP contribution in [0.2, 0.25) is 0 Å². The zero-order valence-corrected chi connectivity index (χ0v) is 29.2. The van der Waals surface area contributed by atoms with Gasteiger partial charge in [-0.2, -0.15) is 9.57 Å². The van der Waals surface area contributed by atoms with E-state index in [-0.39, 0.29) is 30.5 Å². The van der Waals surface area contributed by atoms with Crippen LogP contribution in [0.25, 0.3) is 0 Å². The van der Waals surface area contributed by atoms with E-state index in [4.69, 9.17) is 10.00 Å². The number of unbranched alkanes of at least 4 members (excludes halogenated alkanes) is 1. The molecule has 0 saturated heterocycles. The van der Waals surface area contributed by atoms with Gasteiger partial charge in [0.15, 0.2) is 3.55 Å². The van der Waals surface area contributed by atoms with E-state index in [0.717, 1.165) is 11.1 Å². The zero-order chi connectivity index (χ0) is 33.7. The molecule has 0 saturated carbocycles. The molecule has 0 bridgehead atoms. The van der Waals surface area contributed by atoms with Crippen molar-refractivity contribution < 1.29 is 27.9 Å². The lowest BCUT2D eigenvalue weighted by Gasteiger charge is -2.35. The number of alkyl carbamates (subject to hydrolysis) is 1. The number of alkyl halides is 1. The molecule has 2 amide bonds. The molecule has 3 aromatic rings. The SMILES string of the molecule is COC(=O)NC(I)(C(=O)NCCCCC(CO)N(CC(C)C)S(=O)(=O)c1ccc(C#N)cc1)C(c1ccccc1)c1ccccc1. The lowest BCUT2D eigenvalue weighted by molar-refractivity contribution is -0.124. The van der Waals surface area contributed by atoms with Crippen molar-refractivity contribution in [3.8, 4) is 6.07 Å². The van der Waals surface area contributed by atoms with Crippen LogP contribution in [0.3, 0.4) is 0 Å². The van der Waals surface area contributed by atoms with Gasteiger partial charge in [-0.25, -0.2) is 13.2 Å². The summed E-state index contributed by atoms with van der Waals surface area (Å²) in [6.07, 6.45) is 0.630. The zero-order valence-electron chi connectivity index (χ0n) is 26.2. The number of halogens is 1. The number of hydrogen-bond donors (Lipinski definition) is 3. The highest BCUT2D eigenvalue weighted by Gasteiger charge is 2.46. The van der Waals surface area contributed by atoms with E-state index in [0.29, 0.717) is 24.8 Å². The van der Waals surface area contributed by atoms with E-state index in [1.54, 1.807) is 0 Å². The minimum Gasteiger partial charge on any atom is -0.453 e. The molecular formula is C34H41IN4O6S. The van der Waals surface area contributed by atoms with Crippen LogP contribution >= 0.6 is 22.6 Å². The third-order valence-corrected chi connectivity index (χ3v) is 10.8. The number of sulfonamides is 1. The first-order valence-corrected chi connectivity index (χ1v) is 17.6. The molecule has 246 valence electrons. The van der Waals surface area contributed by atoms with Gasteiger partial charge < -0.3 is 15.2 Å².